The number of hydrogen-bond acceptors (Lipinski definition) is 4. The third-order valence-corrected chi connectivity index (χ3v) is 3.00. The number of nitrogens with zero attached hydrogens (tertiary/aromatic N) is 3. The van der Waals surface area contributed by atoms with Crippen molar-refractivity contribution in [2.24, 2.45) is 0 Å². The van der Waals surface area contributed by atoms with Crippen LogP contribution >= 0.6 is 0 Å². The molecule has 1 amide bonds. The monoisotopic (exact) mass is 233 g/mol. The Morgan fingerprint density at radius 3 is 2.94 bits per heavy atom. The lowest BCUT2D eigenvalue weighted by Crippen LogP contribution is -2.53. The zero-order valence-electron chi connectivity index (χ0n) is 9.95. The maximum atomic E-state index is 12.4. The van der Waals surface area contributed by atoms with Crippen molar-refractivity contribution in [1.29, 1.82) is 5.26 Å². The highest BCUT2D eigenvalue weighted by molar-refractivity contribution is 5.96. The molecule has 0 bridgehead atoms. The van der Waals surface area contributed by atoms with Gasteiger partial charge in [-0.2, -0.15) is 10.4 Å². The van der Waals surface area contributed by atoms with Crippen LogP contribution < -0.4 is 5.32 Å². The van der Waals surface area contributed by atoms with Gasteiger partial charge in [0.2, 0.25) is 0 Å². The van der Waals surface area contributed by atoms with Crippen LogP contribution in [-0.4, -0.2) is 46.7 Å². The highest BCUT2D eigenvalue weighted by Crippen LogP contribution is 2.15. The molecule has 0 radical (unpaired) electrons. The molecule has 0 aromatic carbocycles. The quantitative estimate of drug-likeness (QED) is 0.713. The summed E-state index contributed by atoms with van der Waals surface area (Å²) < 4.78 is 0. The summed E-state index contributed by atoms with van der Waals surface area (Å²) in [5, 5.41) is 19.0. The van der Waals surface area contributed by atoms with E-state index in [1.165, 1.54) is 0 Å². The van der Waals surface area contributed by atoms with Gasteiger partial charge in [0.25, 0.3) is 5.91 Å². The molecule has 1 aliphatic heterocycles. The molecular formula is C11H15N5O. The number of H-pyrrole nitrogens is 1. The molecular weight excluding hydrogens is 218 g/mol. The van der Waals surface area contributed by atoms with Crippen molar-refractivity contribution in [3.8, 4) is 6.07 Å². The fourth-order valence-corrected chi connectivity index (χ4v) is 2.07. The van der Waals surface area contributed by atoms with E-state index in [-0.39, 0.29) is 5.91 Å². The maximum Gasteiger partial charge on any atom is 0.258 e. The number of rotatable bonds is 1. The number of carbonyl (C=O) groups is 1. The van der Waals surface area contributed by atoms with E-state index in [0.29, 0.717) is 24.3 Å². The van der Waals surface area contributed by atoms with Gasteiger partial charge in [0, 0.05) is 25.3 Å². The molecule has 0 spiro atoms. The van der Waals surface area contributed by atoms with E-state index in [4.69, 9.17) is 5.26 Å². The summed E-state index contributed by atoms with van der Waals surface area (Å²) in [4.78, 5) is 14.0. The van der Waals surface area contributed by atoms with Crippen molar-refractivity contribution in [1.82, 2.24) is 20.4 Å². The van der Waals surface area contributed by atoms with Crippen LogP contribution in [0.25, 0.3) is 0 Å². The molecule has 17 heavy (non-hydrogen) atoms. The molecule has 0 saturated carbocycles. The van der Waals surface area contributed by atoms with E-state index in [2.05, 4.69) is 21.6 Å². The fraction of sp³-hybridized carbons (Fsp3) is 0.545. The maximum absolute atomic E-state index is 12.4. The normalized spacial score (nSPS) is 20.1. The van der Waals surface area contributed by atoms with Gasteiger partial charge >= 0.3 is 0 Å². The first-order valence-electron chi connectivity index (χ1n) is 5.58. The van der Waals surface area contributed by atoms with Gasteiger partial charge in [0.05, 0.1) is 17.3 Å². The number of aryl methyl sites for hydroxylation is 2. The molecule has 2 N–H and O–H groups in total. The Morgan fingerprint density at radius 2 is 2.35 bits per heavy atom. The lowest BCUT2D eigenvalue weighted by molar-refractivity contribution is 0.0685. The Balaban J connectivity index is 2.28. The summed E-state index contributed by atoms with van der Waals surface area (Å²) in [5.74, 6) is -0.109. The molecule has 90 valence electrons. The minimum Gasteiger partial charge on any atom is -0.320 e. The largest absolute Gasteiger partial charge is 0.320 e. The second kappa shape index (κ2) is 4.55. The Hall–Kier alpha value is -1.87. The predicted molar refractivity (Wildman–Crippen MR) is 61.4 cm³/mol. The van der Waals surface area contributed by atoms with E-state index in [1.54, 1.807) is 11.8 Å². The molecule has 1 atom stereocenters. The number of aromatic nitrogens is 2. The Morgan fingerprint density at radius 1 is 1.59 bits per heavy atom. The third kappa shape index (κ3) is 2.01. The first-order valence-corrected chi connectivity index (χ1v) is 5.58. The average molecular weight is 233 g/mol. The highest BCUT2D eigenvalue weighted by Gasteiger charge is 2.29. The number of carbonyl (C=O) groups excluding carboxylic acids is 1. The topological polar surface area (TPSA) is 84.8 Å². The number of aromatic amines is 1. The van der Waals surface area contributed by atoms with Gasteiger partial charge in [-0.15, -0.1) is 0 Å². The van der Waals surface area contributed by atoms with Crippen LogP contribution in [0, 0.1) is 25.2 Å². The minimum absolute atomic E-state index is 0.109. The van der Waals surface area contributed by atoms with E-state index >= 15 is 0 Å². The van der Waals surface area contributed by atoms with Crippen LogP contribution in [0.15, 0.2) is 0 Å². The van der Waals surface area contributed by atoms with Gasteiger partial charge in [-0.1, -0.05) is 0 Å². The Bertz CT molecular complexity index is 453. The summed E-state index contributed by atoms with van der Waals surface area (Å²) >= 11 is 0. The van der Waals surface area contributed by atoms with Crippen molar-refractivity contribution in [3.05, 3.63) is 17.0 Å². The molecule has 1 aromatic rings. The van der Waals surface area contributed by atoms with Crippen molar-refractivity contribution in [3.63, 3.8) is 0 Å². The van der Waals surface area contributed by atoms with E-state index in [1.807, 2.05) is 6.92 Å². The fourth-order valence-electron chi connectivity index (χ4n) is 2.07. The molecule has 1 unspecified atom stereocenters. The SMILES string of the molecule is Cc1n[nH]c(C)c1C(=O)N1CCNCC1C#N. The lowest BCUT2D eigenvalue weighted by atomic mass is 10.1. The highest BCUT2D eigenvalue weighted by atomic mass is 16.2. The van der Waals surface area contributed by atoms with Crippen LogP contribution in [0.3, 0.4) is 0 Å². The molecule has 0 aliphatic carbocycles. The predicted octanol–water partition coefficient (Wildman–Crippen LogP) is -0.0359. The molecule has 1 fully saturated rings. The smallest absolute Gasteiger partial charge is 0.258 e. The third-order valence-electron chi connectivity index (χ3n) is 3.00. The van der Waals surface area contributed by atoms with Crippen molar-refractivity contribution >= 4 is 5.91 Å². The number of nitriles is 1. The Labute approximate surface area is 99.6 Å². The lowest BCUT2D eigenvalue weighted by Gasteiger charge is -2.32. The molecule has 6 nitrogen and oxygen atoms in total. The number of hydrogen-bond donors (Lipinski definition) is 2. The molecule has 1 aliphatic rings. The van der Waals surface area contributed by atoms with Gasteiger partial charge < -0.3 is 10.2 Å². The first-order chi connectivity index (χ1) is 8.15. The van der Waals surface area contributed by atoms with Gasteiger partial charge in [-0.3, -0.25) is 9.89 Å². The summed E-state index contributed by atoms with van der Waals surface area (Å²) in [6.45, 7) is 5.41. The Kier molecular flexibility index (Phi) is 3.11. The summed E-state index contributed by atoms with van der Waals surface area (Å²) in [6.07, 6.45) is 0. The van der Waals surface area contributed by atoms with Gasteiger partial charge in [-0.25, -0.2) is 0 Å². The standard InChI is InChI=1S/C11H15N5O/c1-7-10(8(2)15-14-7)11(17)16-4-3-13-6-9(16)5-12/h9,13H,3-4,6H2,1-2H3,(H,14,15). The number of nitrogens with one attached hydrogen (secondary N) is 2. The van der Waals surface area contributed by atoms with Crippen LogP contribution in [0.5, 0.6) is 0 Å². The molecule has 1 saturated heterocycles. The van der Waals surface area contributed by atoms with E-state index < -0.39 is 6.04 Å². The molecule has 1 aromatic heterocycles. The van der Waals surface area contributed by atoms with E-state index in [0.717, 1.165) is 12.2 Å². The molecule has 2 rings (SSSR count). The van der Waals surface area contributed by atoms with Gasteiger partial charge in [0.15, 0.2) is 0 Å². The number of piperazine rings is 1. The van der Waals surface area contributed by atoms with Crippen LogP contribution in [0.2, 0.25) is 0 Å². The molecule has 2 heterocycles. The van der Waals surface area contributed by atoms with Gasteiger partial charge in [0.1, 0.15) is 6.04 Å². The summed E-state index contributed by atoms with van der Waals surface area (Å²) in [6, 6.07) is 1.75. The molecule has 6 heteroatoms. The number of amides is 1. The second-order valence-corrected chi connectivity index (χ2v) is 4.16. The van der Waals surface area contributed by atoms with Crippen LogP contribution in [0.4, 0.5) is 0 Å². The van der Waals surface area contributed by atoms with E-state index in [9.17, 15) is 4.79 Å². The second-order valence-electron chi connectivity index (χ2n) is 4.16. The zero-order valence-corrected chi connectivity index (χ0v) is 9.95. The van der Waals surface area contributed by atoms with Crippen LogP contribution in [0.1, 0.15) is 21.7 Å². The average Bonchev–Trinajstić information content (AvgIpc) is 2.68. The summed E-state index contributed by atoms with van der Waals surface area (Å²) in [7, 11) is 0. The van der Waals surface area contributed by atoms with Crippen LogP contribution in [-0.2, 0) is 0 Å². The van der Waals surface area contributed by atoms with Crippen molar-refractivity contribution < 1.29 is 4.79 Å². The van der Waals surface area contributed by atoms with Gasteiger partial charge in [-0.05, 0) is 13.8 Å². The summed E-state index contributed by atoms with van der Waals surface area (Å²) in [5.41, 5.74) is 2.03. The first kappa shape index (κ1) is 11.6. The zero-order chi connectivity index (χ0) is 12.4. The van der Waals surface area contributed by atoms with Crippen molar-refractivity contribution in [2.75, 3.05) is 19.6 Å². The van der Waals surface area contributed by atoms with Crippen molar-refractivity contribution in [2.45, 2.75) is 19.9 Å². The minimum atomic E-state index is -0.398.